The summed E-state index contributed by atoms with van der Waals surface area (Å²) in [5.74, 6) is -0.375. The fraction of sp³-hybridized carbons (Fsp3) is 0.571. The minimum atomic E-state index is -0.498. The lowest BCUT2D eigenvalue weighted by Gasteiger charge is -2.33. The number of nitrogens with zero attached hydrogens (tertiary/aromatic N) is 2. The number of morpholine rings is 1. The largest absolute Gasteiger partial charge is 0.468 e. The second-order valence-corrected chi connectivity index (χ2v) is 5.75. The first-order valence-electron chi connectivity index (χ1n) is 6.76. The van der Waals surface area contributed by atoms with Crippen LogP contribution in [-0.4, -0.2) is 68.2 Å². The number of hydrogen-bond acceptors (Lipinski definition) is 6. The molecule has 0 aromatic carbocycles. The van der Waals surface area contributed by atoms with E-state index in [4.69, 9.17) is 9.47 Å². The minimum Gasteiger partial charge on any atom is -0.468 e. The highest BCUT2D eigenvalue weighted by atomic mass is 32.1. The van der Waals surface area contributed by atoms with Gasteiger partial charge in [0.15, 0.2) is 0 Å². The van der Waals surface area contributed by atoms with E-state index in [1.165, 1.54) is 7.11 Å². The molecule has 7 heteroatoms. The summed E-state index contributed by atoms with van der Waals surface area (Å²) < 4.78 is 10.1. The van der Waals surface area contributed by atoms with Gasteiger partial charge >= 0.3 is 5.97 Å². The highest BCUT2D eigenvalue weighted by Crippen LogP contribution is 2.11. The van der Waals surface area contributed by atoms with E-state index in [-0.39, 0.29) is 25.0 Å². The van der Waals surface area contributed by atoms with E-state index >= 15 is 0 Å². The molecule has 6 nitrogen and oxygen atoms in total. The van der Waals surface area contributed by atoms with Gasteiger partial charge in [0.2, 0.25) is 5.91 Å². The van der Waals surface area contributed by atoms with Crippen LogP contribution in [0.2, 0.25) is 0 Å². The Morgan fingerprint density at radius 2 is 2.38 bits per heavy atom. The Bertz CT molecular complexity index is 477. The quantitative estimate of drug-likeness (QED) is 0.745. The average molecular weight is 312 g/mol. The topological polar surface area (TPSA) is 59.1 Å². The van der Waals surface area contributed by atoms with Crippen molar-refractivity contribution >= 4 is 23.2 Å². The Labute approximate surface area is 128 Å². The molecule has 21 heavy (non-hydrogen) atoms. The zero-order valence-electron chi connectivity index (χ0n) is 12.3. The molecule has 1 aliphatic rings. The van der Waals surface area contributed by atoms with Crippen molar-refractivity contribution < 1.29 is 19.1 Å². The maximum Gasteiger partial charge on any atom is 0.325 e. The molecule has 0 radical (unpaired) electrons. The van der Waals surface area contributed by atoms with Crippen molar-refractivity contribution in [2.75, 3.05) is 40.5 Å². The van der Waals surface area contributed by atoms with Gasteiger partial charge in [0.25, 0.3) is 0 Å². The van der Waals surface area contributed by atoms with Gasteiger partial charge in [-0.2, -0.15) is 11.3 Å². The number of carbonyl (C=O) groups excluding carboxylic acids is 2. The van der Waals surface area contributed by atoms with E-state index in [0.29, 0.717) is 19.7 Å². The molecule has 2 rings (SSSR count). The van der Waals surface area contributed by atoms with E-state index in [9.17, 15) is 9.59 Å². The summed E-state index contributed by atoms with van der Waals surface area (Å²) in [6.07, 6.45) is 0. The van der Waals surface area contributed by atoms with E-state index in [1.54, 1.807) is 23.3 Å². The molecule has 2 heterocycles. The van der Waals surface area contributed by atoms with Gasteiger partial charge in [0.1, 0.15) is 6.04 Å². The number of rotatable bonds is 5. The number of amides is 1. The zero-order valence-corrected chi connectivity index (χ0v) is 13.1. The van der Waals surface area contributed by atoms with E-state index in [2.05, 4.69) is 0 Å². The average Bonchev–Trinajstić information content (AvgIpc) is 2.99. The molecular weight excluding hydrogens is 292 g/mol. The second kappa shape index (κ2) is 7.53. The second-order valence-electron chi connectivity index (χ2n) is 4.97. The van der Waals surface area contributed by atoms with Crippen LogP contribution in [0.15, 0.2) is 16.8 Å². The van der Waals surface area contributed by atoms with Gasteiger partial charge in [0.05, 0.1) is 26.9 Å². The van der Waals surface area contributed by atoms with Gasteiger partial charge < -0.3 is 14.4 Å². The van der Waals surface area contributed by atoms with Gasteiger partial charge in [-0.1, -0.05) is 0 Å². The van der Waals surface area contributed by atoms with Crippen LogP contribution in [0.4, 0.5) is 0 Å². The van der Waals surface area contributed by atoms with E-state index < -0.39 is 6.04 Å². The summed E-state index contributed by atoms with van der Waals surface area (Å²) in [6.45, 7) is 2.13. The van der Waals surface area contributed by atoms with Crippen molar-refractivity contribution in [3.63, 3.8) is 0 Å². The summed E-state index contributed by atoms with van der Waals surface area (Å²) in [7, 11) is 3.12. The summed E-state index contributed by atoms with van der Waals surface area (Å²) in [4.78, 5) is 27.5. The Hall–Kier alpha value is -1.44. The lowest BCUT2D eigenvalue weighted by molar-refractivity contribution is -0.154. The third-order valence-electron chi connectivity index (χ3n) is 3.48. The van der Waals surface area contributed by atoms with Gasteiger partial charge in [-0.3, -0.25) is 14.5 Å². The number of carbonyl (C=O) groups is 2. The molecule has 0 aliphatic carbocycles. The number of esters is 1. The maximum absolute atomic E-state index is 12.3. The molecule has 1 aromatic rings. The molecule has 1 atom stereocenters. The highest BCUT2D eigenvalue weighted by molar-refractivity contribution is 7.07. The molecule has 0 saturated carbocycles. The summed E-state index contributed by atoms with van der Waals surface area (Å²) in [5, 5.41) is 4.01. The number of ether oxygens (including phenoxy) is 2. The monoisotopic (exact) mass is 312 g/mol. The molecule has 116 valence electrons. The van der Waals surface area contributed by atoms with Crippen LogP contribution in [-0.2, 0) is 25.6 Å². The SMILES string of the molecule is COC(=O)C1COCCN1CC(=O)N(C)Cc1ccsc1. The number of likely N-dealkylation sites (N-methyl/N-ethyl adjacent to an activating group) is 1. The fourth-order valence-corrected chi connectivity index (χ4v) is 2.88. The lowest BCUT2D eigenvalue weighted by atomic mass is 10.2. The van der Waals surface area contributed by atoms with Crippen LogP contribution in [0.5, 0.6) is 0 Å². The Morgan fingerprint density at radius 3 is 3.05 bits per heavy atom. The van der Waals surface area contributed by atoms with Crippen LogP contribution in [0.3, 0.4) is 0 Å². The molecule has 1 unspecified atom stereocenters. The van der Waals surface area contributed by atoms with Gasteiger partial charge in [-0.25, -0.2) is 0 Å². The van der Waals surface area contributed by atoms with Crippen LogP contribution in [0.25, 0.3) is 0 Å². The van der Waals surface area contributed by atoms with E-state index in [1.807, 2.05) is 21.7 Å². The van der Waals surface area contributed by atoms with E-state index in [0.717, 1.165) is 5.56 Å². The Kier molecular flexibility index (Phi) is 5.72. The van der Waals surface area contributed by atoms with Crippen molar-refractivity contribution in [3.8, 4) is 0 Å². The third kappa shape index (κ3) is 4.26. The summed E-state index contributed by atoms with van der Waals surface area (Å²) in [6, 6.07) is 1.50. The molecule has 1 saturated heterocycles. The van der Waals surface area contributed by atoms with Crippen LogP contribution in [0, 0.1) is 0 Å². The molecule has 0 bridgehead atoms. The van der Waals surface area contributed by atoms with Gasteiger partial charge in [0, 0.05) is 20.1 Å². The first kappa shape index (κ1) is 15.9. The van der Waals surface area contributed by atoms with Crippen molar-refractivity contribution in [2.24, 2.45) is 0 Å². The minimum absolute atomic E-state index is 0.0167. The first-order chi connectivity index (χ1) is 10.1. The zero-order chi connectivity index (χ0) is 15.2. The number of thiophene rings is 1. The molecule has 1 aliphatic heterocycles. The van der Waals surface area contributed by atoms with Crippen LogP contribution in [0.1, 0.15) is 5.56 Å². The molecule has 1 fully saturated rings. The third-order valence-corrected chi connectivity index (χ3v) is 4.21. The maximum atomic E-state index is 12.3. The van der Waals surface area contributed by atoms with Crippen molar-refractivity contribution in [3.05, 3.63) is 22.4 Å². The Balaban J connectivity index is 1.91. The molecule has 1 amide bonds. The molecule has 0 spiro atoms. The predicted molar refractivity (Wildman–Crippen MR) is 79.0 cm³/mol. The predicted octanol–water partition coefficient (Wildman–Crippen LogP) is 0.580. The highest BCUT2D eigenvalue weighted by Gasteiger charge is 2.32. The van der Waals surface area contributed by atoms with Gasteiger partial charge in [-0.15, -0.1) is 0 Å². The van der Waals surface area contributed by atoms with Crippen LogP contribution >= 0.6 is 11.3 Å². The van der Waals surface area contributed by atoms with Crippen molar-refractivity contribution in [1.29, 1.82) is 0 Å². The standard InChI is InChI=1S/C14H20N2O4S/c1-15(7-11-3-6-21-10-11)13(17)8-16-4-5-20-9-12(16)14(18)19-2/h3,6,10,12H,4-5,7-9H2,1-2H3. The van der Waals surface area contributed by atoms with Gasteiger partial charge in [-0.05, 0) is 22.4 Å². The van der Waals surface area contributed by atoms with Crippen molar-refractivity contribution in [1.82, 2.24) is 9.80 Å². The summed E-state index contributed by atoms with van der Waals surface area (Å²) in [5.41, 5.74) is 1.11. The fourth-order valence-electron chi connectivity index (χ4n) is 2.22. The number of hydrogen-bond donors (Lipinski definition) is 0. The van der Waals surface area contributed by atoms with Crippen molar-refractivity contribution in [2.45, 2.75) is 12.6 Å². The lowest BCUT2D eigenvalue weighted by Crippen LogP contribution is -2.53. The number of methoxy groups -OCH3 is 1. The molecule has 1 aromatic heterocycles. The first-order valence-corrected chi connectivity index (χ1v) is 7.70. The summed E-state index contributed by atoms with van der Waals surface area (Å²) >= 11 is 1.61. The Morgan fingerprint density at radius 1 is 1.57 bits per heavy atom. The molecular formula is C14H20N2O4S. The normalized spacial score (nSPS) is 19.2. The van der Waals surface area contributed by atoms with Crippen LogP contribution < -0.4 is 0 Å². The molecule has 0 N–H and O–H groups in total. The smallest absolute Gasteiger partial charge is 0.325 e.